The molecule has 0 aliphatic carbocycles. The molecule has 0 unspecified atom stereocenters. The lowest BCUT2D eigenvalue weighted by Crippen LogP contribution is -2.24. The molecule has 0 aromatic heterocycles. The molecule has 0 radical (unpaired) electrons. The fourth-order valence-corrected chi connectivity index (χ4v) is 3.62. The van der Waals surface area contributed by atoms with E-state index < -0.39 is 5.97 Å². The van der Waals surface area contributed by atoms with Gasteiger partial charge in [-0.25, -0.2) is 4.79 Å². The predicted molar refractivity (Wildman–Crippen MR) is 113 cm³/mol. The number of hydrogen-bond acceptors (Lipinski definition) is 4. The number of anilines is 1. The zero-order valence-electron chi connectivity index (χ0n) is 15.2. The molecule has 27 heavy (non-hydrogen) atoms. The number of carbonyl (C=O) groups is 2. The predicted octanol–water partition coefficient (Wildman–Crippen LogP) is 5.05. The summed E-state index contributed by atoms with van der Waals surface area (Å²) < 4.78 is 5.85. The minimum atomic E-state index is -0.521. The lowest BCUT2D eigenvalue weighted by atomic mass is 10.0. The summed E-state index contributed by atoms with van der Waals surface area (Å²) in [6.45, 7) is 1.75. The van der Waals surface area contributed by atoms with Crippen molar-refractivity contribution in [1.29, 1.82) is 0 Å². The number of thioether (sulfide) groups is 1. The molecule has 0 spiro atoms. The van der Waals surface area contributed by atoms with Crippen molar-refractivity contribution in [3.05, 3.63) is 75.4 Å². The average Bonchev–Trinajstić information content (AvgIpc) is 2.92. The SMILES string of the molecule is COC(=O)C1=C(C)N(c2ccc(Br)cc2)C(=O)/C1=C\c1ccc(SC)cc1. The van der Waals surface area contributed by atoms with Crippen LogP contribution in [0.5, 0.6) is 0 Å². The molecular weight excluding hydrogens is 426 g/mol. The normalized spacial score (nSPS) is 15.6. The van der Waals surface area contributed by atoms with Crippen LogP contribution in [0.25, 0.3) is 6.08 Å². The maximum absolute atomic E-state index is 13.2. The van der Waals surface area contributed by atoms with Crippen molar-refractivity contribution in [2.24, 2.45) is 0 Å². The van der Waals surface area contributed by atoms with E-state index in [-0.39, 0.29) is 5.91 Å². The highest BCUT2D eigenvalue weighted by Crippen LogP contribution is 2.35. The Hall–Kier alpha value is -2.31. The Morgan fingerprint density at radius 3 is 2.30 bits per heavy atom. The third kappa shape index (κ3) is 3.87. The molecule has 2 aromatic carbocycles. The molecule has 3 rings (SSSR count). The quantitative estimate of drug-likeness (QED) is 0.376. The number of halogens is 1. The van der Waals surface area contributed by atoms with Crippen molar-refractivity contribution in [2.75, 3.05) is 18.3 Å². The van der Waals surface area contributed by atoms with Crippen LogP contribution >= 0.6 is 27.7 Å². The maximum atomic E-state index is 13.2. The van der Waals surface area contributed by atoms with Gasteiger partial charge in [0.15, 0.2) is 0 Å². The van der Waals surface area contributed by atoms with Gasteiger partial charge in [-0.1, -0.05) is 28.1 Å². The van der Waals surface area contributed by atoms with Crippen molar-refractivity contribution in [2.45, 2.75) is 11.8 Å². The van der Waals surface area contributed by atoms with Crippen molar-refractivity contribution in [3.8, 4) is 0 Å². The Morgan fingerprint density at radius 1 is 1.11 bits per heavy atom. The molecule has 4 nitrogen and oxygen atoms in total. The van der Waals surface area contributed by atoms with Crippen LogP contribution in [0.15, 0.2) is 74.7 Å². The molecule has 1 aliphatic heterocycles. The Kier molecular flexibility index (Phi) is 5.87. The minimum absolute atomic E-state index is 0.246. The number of allylic oxidation sites excluding steroid dienone is 1. The molecule has 1 heterocycles. The second kappa shape index (κ2) is 8.15. The van der Waals surface area contributed by atoms with Crippen molar-refractivity contribution < 1.29 is 14.3 Å². The number of esters is 1. The van der Waals surface area contributed by atoms with Crippen LogP contribution in [0.4, 0.5) is 5.69 Å². The monoisotopic (exact) mass is 443 g/mol. The highest BCUT2D eigenvalue weighted by molar-refractivity contribution is 9.10. The molecule has 0 N–H and O–H groups in total. The maximum Gasteiger partial charge on any atom is 0.340 e. The lowest BCUT2D eigenvalue weighted by Gasteiger charge is -2.18. The Bertz CT molecular complexity index is 946. The number of benzene rings is 2. The average molecular weight is 444 g/mol. The van der Waals surface area contributed by atoms with Crippen molar-refractivity contribution >= 4 is 51.3 Å². The molecule has 138 valence electrons. The van der Waals surface area contributed by atoms with E-state index >= 15 is 0 Å². The highest BCUT2D eigenvalue weighted by Gasteiger charge is 2.37. The fourth-order valence-electron chi connectivity index (χ4n) is 2.95. The van der Waals surface area contributed by atoms with E-state index in [2.05, 4.69) is 15.9 Å². The largest absolute Gasteiger partial charge is 0.465 e. The number of hydrogen-bond donors (Lipinski definition) is 0. The van der Waals surface area contributed by atoms with E-state index in [9.17, 15) is 9.59 Å². The first-order valence-electron chi connectivity index (χ1n) is 8.21. The van der Waals surface area contributed by atoms with Gasteiger partial charge in [-0.3, -0.25) is 9.69 Å². The number of rotatable bonds is 4. The van der Waals surface area contributed by atoms with Gasteiger partial charge in [0, 0.05) is 20.8 Å². The summed E-state index contributed by atoms with van der Waals surface area (Å²) >= 11 is 5.04. The van der Waals surface area contributed by atoms with E-state index in [4.69, 9.17) is 4.74 Å². The first-order chi connectivity index (χ1) is 13.0. The molecule has 0 fully saturated rings. The summed E-state index contributed by atoms with van der Waals surface area (Å²) in [7, 11) is 1.32. The molecule has 0 saturated heterocycles. The van der Waals surface area contributed by atoms with Gasteiger partial charge in [-0.2, -0.15) is 0 Å². The molecule has 6 heteroatoms. The van der Waals surface area contributed by atoms with Crippen LogP contribution in [0.1, 0.15) is 12.5 Å². The van der Waals surface area contributed by atoms with Gasteiger partial charge < -0.3 is 4.74 Å². The molecule has 0 saturated carbocycles. The Balaban J connectivity index is 2.09. The molecule has 2 aromatic rings. The number of ether oxygens (including phenoxy) is 1. The minimum Gasteiger partial charge on any atom is -0.465 e. The van der Waals surface area contributed by atoms with Crippen molar-refractivity contribution in [1.82, 2.24) is 0 Å². The van der Waals surface area contributed by atoms with Gasteiger partial charge in [0.2, 0.25) is 0 Å². The van der Waals surface area contributed by atoms with Gasteiger partial charge >= 0.3 is 5.97 Å². The first kappa shape index (κ1) is 19.5. The van der Waals surface area contributed by atoms with Crippen LogP contribution in [0.2, 0.25) is 0 Å². The van der Waals surface area contributed by atoms with E-state index in [1.807, 2.05) is 54.8 Å². The van der Waals surface area contributed by atoms with Gasteiger partial charge in [-0.05, 0) is 61.2 Å². The molecular formula is C21H18BrNO3S. The number of methoxy groups -OCH3 is 1. The van der Waals surface area contributed by atoms with E-state index in [1.165, 1.54) is 7.11 Å². The Morgan fingerprint density at radius 2 is 1.74 bits per heavy atom. The van der Waals surface area contributed by atoms with Crippen LogP contribution in [-0.4, -0.2) is 25.2 Å². The third-order valence-electron chi connectivity index (χ3n) is 4.30. The second-order valence-corrected chi connectivity index (χ2v) is 7.70. The summed E-state index contributed by atoms with van der Waals surface area (Å²) in [6, 6.07) is 15.2. The zero-order chi connectivity index (χ0) is 19.6. The van der Waals surface area contributed by atoms with Crippen LogP contribution < -0.4 is 4.90 Å². The topological polar surface area (TPSA) is 46.6 Å². The van der Waals surface area contributed by atoms with Gasteiger partial charge in [-0.15, -0.1) is 11.8 Å². The second-order valence-electron chi connectivity index (χ2n) is 5.90. The van der Waals surface area contributed by atoms with Crippen LogP contribution in [-0.2, 0) is 14.3 Å². The number of amides is 1. The molecule has 1 amide bonds. The van der Waals surface area contributed by atoms with Crippen molar-refractivity contribution in [3.63, 3.8) is 0 Å². The third-order valence-corrected chi connectivity index (χ3v) is 5.57. The standard InChI is InChI=1S/C21H18BrNO3S/c1-13-19(21(25)26-2)18(12-14-4-10-17(27-3)11-5-14)20(24)23(13)16-8-6-15(22)7-9-16/h4-12H,1-3H3/b18-12-. The van der Waals surface area contributed by atoms with E-state index in [0.29, 0.717) is 22.5 Å². The lowest BCUT2D eigenvalue weighted by molar-refractivity contribution is -0.136. The number of carbonyl (C=O) groups excluding carboxylic acids is 2. The van der Waals surface area contributed by atoms with Gasteiger partial charge in [0.25, 0.3) is 5.91 Å². The highest BCUT2D eigenvalue weighted by atomic mass is 79.9. The summed E-state index contributed by atoms with van der Waals surface area (Å²) in [5.74, 6) is -0.767. The summed E-state index contributed by atoms with van der Waals surface area (Å²) in [6.07, 6.45) is 3.74. The molecule has 0 atom stereocenters. The van der Waals surface area contributed by atoms with Gasteiger partial charge in [0.1, 0.15) is 0 Å². The van der Waals surface area contributed by atoms with E-state index in [1.54, 1.807) is 29.7 Å². The van der Waals surface area contributed by atoms with Gasteiger partial charge in [0.05, 0.1) is 18.3 Å². The summed E-state index contributed by atoms with van der Waals surface area (Å²) in [5.41, 5.74) is 2.73. The summed E-state index contributed by atoms with van der Waals surface area (Å²) in [5, 5.41) is 0. The summed E-state index contributed by atoms with van der Waals surface area (Å²) in [4.78, 5) is 28.2. The smallest absolute Gasteiger partial charge is 0.340 e. The Labute approximate surface area is 171 Å². The van der Waals surface area contributed by atoms with E-state index in [0.717, 1.165) is 14.9 Å². The fraction of sp³-hybridized carbons (Fsp3) is 0.143. The zero-order valence-corrected chi connectivity index (χ0v) is 17.6. The molecule has 0 bridgehead atoms. The van der Waals surface area contributed by atoms with Crippen LogP contribution in [0.3, 0.4) is 0 Å². The number of nitrogens with zero attached hydrogens (tertiary/aromatic N) is 1. The van der Waals surface area contributed by atoms with Crippen LogP contribution in [0, 0.1) is 0 Å². The first-order valence-corrected chi connectivity index (χ1v) is 10.2. The molecule has 1 aliphatic rings.